The highest BCUT2D eigenvalue weighted by Crippen LogP contribution is 2.32. The van der Waals surface area contributed by atoms with E-state index in [4.69, 9.17) is 17.2 Å². The summed E-state index contributed by atoms with van der Waals surface area (Å²) in [5, 5.41) is 3.12. The molecule has 2 unspecified atom stereocenters. The number of hydrogen-bond acceptors (Lipinski definition) is 7. The highest BCUT2D eigenvalue weighted by atomic mass is 32.1. The van der Waals surface area contributed by atoms with Crippen LogP contribution >= 0.6 is 11.3 Å². The van der Waals surface area contributed by atoms with Gasteiger partial charge >= 0.3 is 0 Å². The number of aliphatic imine (C=N–C) groups is 1. The quantitative estimate of drug-likeness (QED) is 0.405. The molecular formula is C21H27F2N7OS. The smallest absolute Gasteiger partial charge is 0.277 e. The van der Waals surface area contributed by atoms with Gasteiger partial charge < -0.3 is 27.4 Å². The maximum absolute atomic E-state index is 14.3. The van der Waals surface area contributed by atoms with Gasteiger partial charge in [0.2, 0.25) is 0 Å². The number of nitrogens with one attached hydrogen (secondary N) is 1. The first kappa shape index (κ1) is 23.6. The maximum Gasteiger partial charge on any atom is 0.277 e. The van der Waals surface area contributed by atoms with E-state index >= 15 is 0 Å². The van der Waals surface area contributed by atoms with Gasteiger partial charge in [-0.15, -0.1) is 0 Å². The van der Waals surface area contributed by atoms with Crippen LogP contribution < -0.4 is 22.5 Å². The minimum absolute atomic E-state index is 0.0394. The fraction of sp³-hybridized carbons (Fsp3) is 0.381. The Bertz CT molecular complexity index is 1040. The van der Waals surface area contributed by atoms with Crippen molar-refractivity contribution >= 4 is 28.1 Å². The molecule has 0 aliphatic carbocycles. The maximum atomic E-state index is 14.3. The summed E-state index contributed by atoms with van der Waals surface area (Å²) in [6.07, 6.45) is 0.794. The number of aromatic nitrogens is 1. The van der Waals surface area contributed by atoms with Gasteiger partial charge in [-0.3, -0.25) is 9.79 Å². The zero-order valence-corrected chi connectivity index (χ0v) is 18.8. The van der Waals surface area contributed by atoms with Crippen molar-refractivity contribution < 1.29 is 13.6 Å². The van der Waals surface area contributed by atoms with E-state index in [1.165, 1.54) is 12.3 Å². The first-order valence-corrected chi connectivity index (χ1v) is 10.9. The van der Waals surface area contributed by atoms with Crippen LogP contribution in [0.5, 0.6) is 0 Å². The fourth-order valence-corrected chi connectivity index (χ4v) is 4.35. The number of rotatable bonds is 4. The number of nitrogens with zero attached hydrogens (tertiary/aromatic N) is 3. The number of anilines is 1. The summed E-state index contributed by atoms with van der Waals surface area (Å²) in [5.74, 6) is -0.656. The Morgan fingerprint density at radius 2 is 2.09 bits per heavy atom. The van der Waals surface area contributed by atoms with Crippen molar-refractivity contribution in [1.82, 2.24) is 15.2 Å². The van der Waals surface area contributed by atoms with Crippen molar-refractivity contribution in [3.8, 4) is 10.6 Å². The minimum Gasteiger partial charge on any atom is -0.403 e. The number of benzene rings is 1. The molecular weight excluding hydrogens is 436 g/mol. The van der Waals surface area contributed by atoms with Gasteiger partial charge in [0.15, 0.2) is 5.69 Å². The lowest BCUT2D eigenvalue weighted by Gasteiger charge is -2.25. The van der Waals surface area contributed by atoms with Gasteiger partial charge in [-0.1, -0.05) is 23.0 Å². The SMILES string of the molecule is CN=C(/C(=C\N)NC(=O)c1nc(-c2cc(C)ccc2F)sc1N)N1CCC(N)C(F)CC1. The Kier molecular flexibility index (Phi) is 7.41. The normalized spacial score (nSPS) is 20.2. The molecule has 1 aromatic carbocycles. The molecule has 7 N–H and O–H groups in total. The first-order chi connectivity index (χ1) is 15.2. The van der Waals surface area contributed by atoms with E-state index in [0.717, 1.165) is 16.9 Å². The van der Waals surface area contributed by atoms with E-state index in [0.29, 0.717) is 30.4 Å². The van der Waals surface area contributed by atoms with Crippen molar-refractivity contribution in [3.63, 3.8) is 0 Å². The van der Waals surface area contributed by atoms with Gasteiger partial charge in [-0.2, -0.15) is 0 Å². The number of nitrogen functional groups attached to an aromatic ring is 1. The predicted octanol–water partition coefficient (Wildman–Crippen LogP) is 2.16. The molecule has 32 heavy (non-hydrogen) atoms. The Morgan fingerprint density at radius 3 is 2.78 bits per heavy atom. The molecule has 0 bridgehead atoms. The summed E-state index contributed by atoms with van der Waals surface area (Å²) >= 11 is 1.02. The van der Waals surface area contributed by atoms with Crippen LogP contribution in [0.15, 0.2) is 35.1 Å². The summed E-state index contributed by atoms with van der Waals surface area (Å²) in [5.41, 5.74) is 18.9. The van der Waals surface area contributed by atoms with E-state index < -0.39 is 23.9 Å². The van der Waals surface area contributed by atoms with E-state index in [-0.39, 0.29) is 28.4 Å². The van der Waals surface area contributed by atoms with Gasteiger partial charge in [0.25, 0.3) is 5.91 Å². The van der Waals surface area contributed by atoms with E-state index in [2.05, 4.69) is 15.3 Å². The molecule has 2 heterocycles. The molecule has 0 saturated carbocycles. The van der Waals surface area contributed by atoms with Gasteiger partial charge in [0.1, 0.15) is 27.8 Å². The van der Waals surface area contributed by atoms with Crippen LogP contribution in [0.4, 0.5) is 13.8 Å². The van der Waals surface area contributed by atoms with Crippen molar-refractivity contribution in [3.05, 3.63) is 47.2 Å². The Labute approximate surface area is 189 Å². The number of hydrogen-bond donors (Lipinski definition) is 4. The third-order valence-corrected chi connectivity index (χ3v) is 6.18. The highest BCUT2D eigenvalue weighted by molar-refractivity contribution is 7.19. The third-order valence-electron chi connectivity index (χ3n) is 5.26. The van der Waals surface area contributed by atoms with Crippen molar-refractivity contribution in [2.45, 2.75) is 32.0 Å². The molecule has 1 saturated heterocycles. The second kappa shape index (κ2) is 10.0. The van der Waals surface area contributed by atoms with Crippen molar-refractivity contribution in [1.29, 1.82) is 0 Å². The van der Waals surface area contributed by atoms with Crippen LogP contribution in [-0.4, -0.2) is 54.0 Å². The molecule has 8 nitrogen and oxygen atoms in total. The molecule has 0 radical (unpaired) electrons. The van der Waals surface area contributed by atoms with Gasteiger partial charge in [0, 0.05) is 37.9 Å². The minimum atomic E-state index is -1.10. The Hall–Kier alpha value is -3.05. The summed E-state index contributed by atoms with van der Waals surface area (Å²) < 4.78 is 28.2. The molecule has 172 valence electrons. The number of amidine groups is 1. The van der Waals surface area contributed by atoms with Gasteiger partial charge in [-0.05, 0) is 31.9 Å². The summed E-state index contributed by atoms with van der Waals surface area (Å²) in [7, 11) is 1.55. The number of thiazole rings is 1. The largest absolute Gasteiger partial charge is 0.403 e. The number of amides is 1. The van der Waals surface area contributed by atoms with Crippen LogP contribution in [0.3, 0.4) is 0 Å². The van der Waals surface area contributed by atoms with Crippen LogP contribution in [0.2, 0.25) is 0 Å². The zero-order valence-electron chi connectivity index (χ0n) is 17.9. The number of aryl methyl sites for hydroxylation is 1. The summed E-state index contributed by atoms with van der Waals surface area (Å²) in [4.78, 5) is 23.2. The van der Waals surface area contributed by atoms with Crippen molar-refractivity contribution in [2.75, 3.05) is 25.9 Å². The number of likely N-dealkylation sites (tertiary alicyclic amines) is 1. The van der Waals surface area contributed by atoms with E-state index in [9.17, 15) is 13.6 Å². The number of carbonyl (C=O) groups excluding carboxylic acids is 1. The van der Waals surface area contributed by atoms with E-state index in [1.54, 1.807) is 19.2 Å². The molecule has 1 fully saturated rings. The van der Waals surface area contributed by atoms with Crippen molar-refractivity contribution in [2.24, 2.45) is 16.5 Å². The lowest BCUT2D eigenvalue weighted by molar-refractivity contribution is 0.0964. The van der Waals surface area contributed by atoms with Crippen LogP contribution in [0.1, 0.15) is 28.9 Å². The molecule has 1 aromatic heterocycles. The summed E-state index contributed by atoms with van der Waals surface area (Å²) in [6, 6.07) is 4.09. The zero-order chi connectivity index (χ0) is 23.4. The number of alkyl halides is 1. The molecule has 3 rings (SSSR count). The number of halogens is 2. The lowest BCUT2D eigenvalue weighted by Crippen LogP contribution is -2.40. The summed E-state index contributed by atoms with van der Waals surface area (Å²) in [6.45, 7) is 2.68. The second-order valence-electron chi connectivity index (χ2n) is 7.54. The Balaban J connectivity index is 1.81. The standard InChI is InChI=1S/C21H27F2N7OS/c1-11-3-4-13(22)12(9-11)21-29-17(18(26)32-21)20(31)28-16(10-24)19(27-2)30-7-5-14(23)15(25)6-8-30/h3-4,9-10,14-15H,5-8,24-26H2,1-2H3,(H,28,31)/b16-10+,27-19?. The van der Waals surface area contributed by atoms with E-state index in [1.807, 2.05) is 11.8 Å². The third kappa shape index (κ3) is 5.05. The molecule has 2 atom stereocenters. The second-order valence-corrected chi connectivity index (χ2v) is 8.57. The fourth-order valence-electron chi connectivity index (χ4n) is 3.50. The topological polar surface area (TPSA) is 136 Å². The van der Waals surface area contributed by atoms with Crippen LogP contribution in [0, 0.1) is 12.7 Å². The Morgan fingerprint density at radius 1 is 1.38 bits per heavy atom. The first-order valence-electron chi connectivity index (χ1n) is 10.1. The average Bonchev–Trinajstić information content (AvgIpc) is 3.08. The molecule has 1 aliphatic rings. The molecule has 0 spiro atoms. The molecule has 1 amide bonds. The highest BCUT2D eigenvalue weighted by Gasteiger charge is 2.27. The molecule has 11 heteroatoms. The average molecular weight is 464 g/mol. The monoisotopic (exact) mass is 463 g/mol. The van der Waals surface area contributed by atoms with Gasteiger partial charge in [-0.25, -0.2) is 13.8 Å². The van der Waals surface area contributed by atoms with Gasteiger partial charge in [0.05, 0.1) is 5.70 Å². The van der Waals surface area contributed by atoms with Crippen LogP contribution in [-0.2, 0) is 0 Å². The number of carbonyl (C=O) groups is 1. The number of nitrogens with two attached hydrogens (primary N) is 3. The molecule has 1 aliphatic heterocycles. The lowest BCUT2D eigenvalue weighted by atomic mass is 10.1. The van der Waals surface area contributed by atoms with Crippen LogP contribution in [0.25, 0.3) is 10.6 Å². The predicted molar refractivity (Wildman–Crippen MR) is 123 cm³/mol. The molecule has 2 aromatic rings.